The Bertz CT molecular complexity index is 814. The van der Waals surface area contributed by atoms with E-state index in [1.165, 1.54) is 19.2 Å². The van der Waals surface area contributed by atoms with Crippen LogP contribution in [0.25, 0.3) is 11.0 Å². The van der Waals surface area contributed by atoms with E-state index in [9.17, 15) is 14.4 Å². The molecule has 0 unspecified atom stereocenters. The molecule has 24 heavy (non-hydrogen) atoms. The fourth-order valence-electron chi connectivity index (χ4n) is 3.04. The van der Waals surface area contributed by atoms with Gasteiger partial charge in [0.1, 0.15) is 11.3 Å². The summed E-state index contributed by atoms with van der Waals surface area (Å²) in [5.74, 6) is -0.558. The number of fused-ring (bicyclic) bond motifs is 1. The predicted octanol–water partition coefficient (Wildman–Crippen LogP) is 2.68. The first kappa shape index (κ1) is 16.2. The fraction of sp³-hybridized carbons (Fsp3) is 0.389. The van der Waals surface area contributed by atoms with Crippen molar-refractivity contribution in [2.24, 2.45) is 11.8 Å². The van der Waals surface area contributed by atoms with Gasteiger partial charge >= 0.3 is 17.6 Å². The van der Waals surface area contributed by atoms with E-state index in [4.69, 9.17) is 13.9 Å². The van der Waals surface area contributed by atoms with Gasteiger partial charge in [0.15, 0.2) is 0 Å². The van der Waals surface area contributed by atoms with Crippen molar-refractivity contribution >= 4 is 22.9 Å². The largest absolute Gasteiger partial charge is 0.469 e. The zero-order chi connectivity index (χ0) is 17.1. The third kappa shape index (κ3) is 3.48. The average Bonchev–Trinajstić information content (AvgIpc) is 2.60. The van der Waals surface area contributed by atoms with Crippen LogP contribution in [-0.4, -0.2) is 19.0 Å². The van der Waals surface area contributed by atoms with Crippen molar-refractivity contribution in [2.75, 3.05) is 7.11 Å². The molecule has 0 radical (unpaired) electrons. The SMILES string of the molecule is COC(=O)C1CCC(C(=O)Oc2ccc3ccc(=O)oc3c2)CC1. The number of ether oxygens (including phenoxy) is 2. The van der Waals surface area contributed by atoms with Crippen LogP contribution >= 0.6 is 0 Å². The monoisotopic (exact) mass is 330 g/mol. The molecule has 0 saturated heterocycles. The maximum atomic E-state index is 12.3. The molecule has 0 spiro atoms. The van der Waals surface area contributed by atoms with Gasteiger partial charge in [0.25, 0.3) is 0 Å². The topological polar surface area (TPSA) is 82.8 Å². The van der Waals surface area contributed by atoms with Crippen molar-refractivity contribution in [2.45, 2.75) is 25.7 Å². The van der Waals surface area contributed by atoms with Crippen LogP contribution < -0.4 is 10.4 Å². The molecule has 1 aliphatic rings. The minimum atomic E-state index is -0.452. The normalized spacial score (nSPS) is 20.5. The van der Waals surface area contributed by atoms with Crippen molar-refractivity contribution in [3.8, 4) is 5.75 Å². The highest BCUT2D eigenvalue weighted by atomic mass is 16.5. The van der Waals surface area contributed by atoms with Gasteiger partial charge < -0.3 is 13.9 Å². The summed E-state index contributed by atoms with van der Waals surface area (Å²) in [5.41, 5.74) is -0.0747. The lowest BCUT2D eigenvalue weighted by Crippen LogP contribution is -2.29. The van der Waals surface area contributed by atoms with Gasteiger partial charge in [0.05, 0.1) is 18.9 Å². The molecule has 1 aromatic heterocycles. The number of esters is 2. The summed E-state index contributed by atoms with van der Waals surface area (Å²) in [5, 5.41) is 0.757. The first-order chi connectivity index (χ1) is 11.6. The van der Waals surface area contributed by atoms with E-state index in [2.05, 4.69) is 0 Å². The summed E-state index contributed by atoms with van der Waals surface area (Å²) < 4.78 is 15.2. The van der Waals surface area contributed by atoms with Crippen LogP contribution in [0.1, 0.15) is 25.7 Å². The average molecular weight is 330 g/mol. The first-order valence-electron chi connectivity index (χ1n) is 7.90. The lowest BCUT2D eigenvalue weighted by Gasteiger charge is -2.25. The molecule has 1 saturated carbocycles. The molecule has 6 heteroatoms. The van der Waals surface area contributed by atoms with Crippen molar-refractivity contribution < 1.29 is 23.5 Å². The third-order valence-electron chi connectivity index (χ3n) is 4.41. The van der Waals surface area contributed by atoms with Gasteiger partial charge in [-0.1, -0.05) is 0 Å². The number of methoxy groups -OCH3 is 1. The molecule has 1 fully saturated rings. The summed E-state index contributed by atoms with van der Waals surface area (Å²) in [7, 11) is 1.38. The van der Waals surface area contributed by atoms with E-state index in [0.29, 0.717) is 37.0 Å². The van der Waals surface area contributed by atoms with Crippen LogP contribution in [0, 0.1) is 11.8 Å². The van der Waals surface area contributed by atoms with Gasteiger partial charge in [-0.3, -0.25) is 9.59 Å². The number of hydrogen-bond donors (Lipinski definition) is 0. The van der Waals surface area contributed by atoms with Crippen molar-refractivity contribution in [3.05, 3.63) is 40.8 Å². The quantitative estimate of drug-likeness (QED) is 0.489. The van der Waals surface area contributed by atoms with Gasteiger partial charge in [0.2, 0.25) is 0 Å². The second-order valence-corrected chi connectivity index (χ2v) is 5.95. The molecule has 0 bridgehead atoms. The minimum absolute atomic E-state index is 0.131. The molecule has 1 aliphatic carbocycles. The lowest BCUT2D eigenvalue weighted by molar-refractivity contribution is -0.149. The smallest absolute Gasteiger partial charge is 0.336 e. The van der Waals surface area contributed by atoms with Crippen LogP contribution in [0.15, 0.2) is 39.5 Å². The molecule has 126 valence electrons. The molecule has 1 aromatic carbocycles. The molecule has 0 N–H and O–H groups in total. The Morgan fingerprint density at radius 3 is 2.29 bits per heavy atom. The Morgan fingerprint density at radius 2 is 1.62 bits per heavy atom. The summed E-state index contributed by atoms with van der Waals surface area (Å²) in [4.78, 5) is 35.1. The Balaban J connectivity index is 1.65. The highest BCUT2D eigenvalue weighted by Crippen LogP contribution is 2.31. The molecule has 2 aromatic rings. The Kier molecular flexibility index (Phi) is 4.64. The minimum Gasteiger partial charge on any atom is -0.469 e. The lowest BCUT2D eigenvalue weighted by atomic mass is 9.82. The molecule has 0 atom stereocenters. The maximum Gasteiger partial charge on any atom is 0.336 e. The molecule has 6 nitrogen and oxygen atoms in total. The highest BCUT2D eigenvalue weighted by Gasteiger charge is 2.31. The van der Waals surface area contributed by atoms with E-state index >= 15 is 0 Å². The zero-order valence-corrected chi connectivity index (χ0v) is 13.3. The molecule has 0 aliphatic heterocycles. The summed E-state index contributed by atoms with van der Waals surface area (Å²) in [6.45, 7) is 0. The van der Waals surface area contributed by atoms with Crippen molar-refractivity contribution in [1.29, 1.82) is 0 Å². The van der Waals surface area contributed by atoms with E-state index in [1.807, 2.05) is 0 Å². The van der Waals surface area contributed by atoms with Crippen LogP contribution in [0.2, 0.25) is 0 Å². The summed E-state index contributed by atoms with van der Waals surface area (Å²) in [6, 6.07) is 7.93. The fourth-order valence-corrected chi connectivity index (χ4v) is 3.04. The van der Waals surface area contributed by atoms with Gasteiger partial charge in [0, 0.05) is 17.5 Å². The van der Waals surface area contributed by atoms with Crippen LogP contribution in [-0.2, 0) is 14.3 Å². The van der Waals surface area contributed by atoms with Crippen LogP contribution in [0.3, 0.4) is 0 Å². The highest BCUT2D eigenvalue weighted by molar-refractivity contribution is 5.80. The molecule has 0 amide bonds. The number of benzene rings is 1. The zero-order valence-electron chi connectivity index (χ0n) is 13.3. The van der Waals surface area contributed by atoms with E-state index in [-0.39, 0.29) is 23.8 Å². The van der Waals surface area contributed by atoms with Crippen LogP contribution in [0.4, 0.5) is 0 Å². The summed E-state index contributed by atoms with van der Waals surface area (Å²) in [6.07, 6.45) is 2.45. The van der Waals surface area contributed by atoms with E-state index < -0.39 is 5.63 Å². The summed E-state index contributed by atoms with van der Waals surface area (Å²) >= 11 is 0. The van der Waals surface area contributed by atoms with Crippen molar-refractivity contribution in [1.82, 2.24) is 0 Å². The Hall–Kier alpha value is -2.63. The van der Waals surface area contributed by atoms with Crippen LogP contribution in [0.5, 0.6) is 5.75 Å². The molecular weight excluding hydrogens is 312 g/mol. The Labute approximate surface area is 138 Å². The number of hydrogen-bond acceptors (Lipinski definition) is 6. The number of rotatable bonds is 3. The first-order valence-corrected chi connectivity index (χ1v) is 7.90. The van der Waals surface area contributed by atoms with E-state index in [0.717, 1.165) is 5.39 Å². The number of carbonyl (C=O) groups excluding carboxylic acids is 2. The van der Waals surface area contributed by atoms with E-state index in [1.54, 1.807) is 18.2 Å². The third-order valence-corrected chi connectivity index (χ3v) is 4.41. The molecule has 3 rings (SSSR count). The van der Waals surface area contributed by atoms with Gasteiger partial charge in [-0.2, -0.15) is 0 Å². The number of carbonyl (C=O) groups is 2. The predicted molar refractivity (Wildman–Crippen MR) is 85.6 cm³/mol. The molecular formula is C18H18O6. The van der Waals surface area contributed by atoms with Gasteiger partial charge in [-0.15, -0.1) is 0 Å². The maximum absolute atomic E-state index is 12.3. The Morgan fingerprint density at radius 1 is 1.00 bits per heavy atom. The second-order valence-electron chi connectivity index (χ2n) is 5.95. The standard InChI is InChI=1S/C18H18O6/c1-22-17(20)12-2-4-13(5-3-12)18(21)23-14-8-6-11-7-9-16(19)24-15(11)10-14/h6-10,12-13H,2-5H2,1H3. The second kappa shape index (κ2) is 6.86. The van der Waals surface area contributed by atoms with Gasteiger partial charge in [-0.05, 0) is 43.9 Å². The molecule has 1 heterocycles. The van der Waals surface area contributed by atoms with Crippen molar-refractivity contribution in [3.63, 3.8) is 0 Å². The van der Waals surface area contributed by atoms with Gasteiger partial charge in [-0.25, -0.2) is 4.79 Å².